The molecule has 1 heterocycles. The molecular weight excluding hydrogens is 316 g/mol. The van der Waals surface area contributed by atoms with Gasteiger partial charge in [0.25, 0.3) is 0 Å². The molecule has 1 aliphatic carbocycles. The summed E-state index contributed by atoms with van der Waals surface area (Å²) in [4.78, 5) is 11.1. The fraction of sp³-hybridized carbons (Fsp3) is 0.571. The zero-order valence-corrected chi connectivity index (χ0v) is 14.9. The Morgan fingerprint density at radius 2 is 2.16 bits per heavy atom. The standard InChI is InChI=1S/C21H28O4/c1-24-20(23)12-8-3-2-7-11-18-17(14-22)19-13-21(18,15-25-19)16-9-5-4-6-10-16/h2,4-7,9-10,17-19,22H,3,8,11-15H2,1H3/t17-,18-,19-,21-/m1/s1. The minimum atomic E-state index is -0.151. The van der Waals surface area contributed by atoms with Crippen LogP contribution in [0.25, 0.3) is 0 Å². The van der Waals surface area contributed by atoms with E-state index in [0.29, 0.717) is 12.3 Å². The minimum absolute atomic E-state index is 0.0235. The lowest BCUT2D eigenvalue weighted by Crippen LogP contribution is -2.40. The van der Waals surface area contributed by atoms with Crippen molar-refractivity contribution in [1.82, 2.24) is 0 Å². The van der Waals surface area contributed by atoms with Gasteiger partial charge in [-0.3, -0.25) is 4.79 Å². The normalized spacial score (nSPS) is 30.9. The van der Waals surface area contributed by atoms with Gasteiger partial charge in [0.2, 0.25) is 0 Å². The molecule has 1 saturated carbocycles. The third-order valence-electron chi connectivity index (χ3n) is 5.92. The SMILES string of the molecule is COC(=O)CCCC=CC[C@@H]1[C@@H](CO)[C@H]2C[C@]1(c1ccccc1)CO2. The number of benzene rings is 1. The van der Waals surface area contributed by atoms with Crippen molar-refractivity contribution in [2.24, 2.45) is 11.8 Å². The van der Waals surface area contributed by atoms with Crippen molar-refractivity contribution in [1.29, 1.82) is 0 Å². The molecule has 2 aliphatic rings. The van der Waals surface area contributed by atoms with Crippen molar-refractivity contribution in [3.05, 3.63) is 48.0 Å². The maximum absolute atomic E-state index is 11.1. The first-order valence-corrected chi connectivity index (χ1v) is 9.21. The second kappa shape index (κ2) is 8.15. The van der Waals surface area contributed by atoms with Crippen molar-refractivity contribution in [3.63, 3.8) is 0 Å². The predicted molar refractivity (Wildman–Crippen MR) is 96.2 cm³/mol. The van der Waals surface area contributed by atoms with Crippen LogP contribution in [0.15, 0.2) is 42.5 Å². The lowest BCUT2D eigenvalue weighted by molar-refractivity contribution is -0.140. The van der Waals surface area contributed by atoms with Crippen LogP contribution in [0.5, 0.6) is 0 Å². The average molecular weight is 344 g/mol. The topological polar surface area (TPSA) is 55.8 Å². The summed E-state index contributed by atoms with van der Waals surface area (Å²) in [5.74, 6) is 0.450. The van der Waals surface area contributed by atoms with Gasteiger partial charge in [0, 0.05) is 24.4 Å². The summed E-state index contributed by atoms with van der Waals surface area (Å²) < 4.78 is 10.6. The van der Waals surface area contributed by atoms with Crippen LogP contribution in [-0.4, -0.2) is 37.5 Å². The van der Waals surface area contributed by atoms with Gasteiger partial charge in [0.15, 0.2) is 0 Å². The van der Waals surface area contributed by atoms with Crippen LogP contribution >= 0.6 is 0 Å². The van der Waals surface area contributed by atoms with Crippen LogP contribution < -0.4 is 0 Å². The van der Waals surface area contributed by atoms with Gasteiger partial charge in [-0.2, -0.15) is 0 Å². The number of hydrogen-bond acceptors (Lipinski definition) is 4. The van der Waals surface area contributed by atoms with E-state index in [0.717, 1.165) is 32.3 Å². The zero-order chi connectivity index (χ0) is 17.7. The highest BCUT2D eigenvalue weighted by Gasteiger charge is 2.58. The number of hydrogen-bond donors (Lipinski definition) is 1. The van der Waals surface area contributed by atoms with Crippen molar-refractivity contribution >= 4 is 5.97 Å². The Morgan fingerprint density at radius 3 is 2.88 bits per heavy atom. The van der Waals surface area contributed by atoms with E-state index < -0.39 is 0 Å². The number of methoxy groups -OCH3 is 1. The van der Waals surface area contributed by atoms with Gasteiger partial charge in [-0.05, 0) is 37.2 Å². The van der Waals surface area contributed by atoms with Crippen molar-refractivity contribution in [3.8, 4) is 0 Å². The number of fused-ring (bicyclic) bond motifs is 2. The van der Waals surface area contributed by atoms with Gasteiger partial charge < -0.3 is 14.6 Å². The predicted octanol–water partition coefficient (Wildman–Crippen LogP) is 3.24. The summed E-state index contributed by atoms with van der Waals surface area (Å²) in [6.45, 7) is 0.930. The molecule has 3 rings (SSSR count). The van der Waals surface area contributed by atoms with E-state index in [9.17, 15) is 9.90 Å². The summed E-state index contributed by atoms with van der Waals surface area (Å²) in [5, 5.41) is 9.89. The first-order valence-electron chi connectivity index (χ1n) is 9.21. The van der Waals surface area contributed by atoms with Crippen molar-refractivity contribution in [2.75, 3.05) is 20.3 Å². The number of aliphatic hydroxyl groups excluding tert-OH is 1. The molecule has 1 saturated heterocycles. The zero-order valence-electron chi connectivity index (χ0n) is 14.9. The molecule has 2 bridgehead atoms. The maximum atomic E-state index is 11.1. The molecule has 0 radical (unpaired) electrons. The molecule has 1 aliphatic heterocycles. The molecule has 1 aromatic carbocycles. The Bertz CT molecular complexity index is 597. The van der Waals surface area contributed by atoms with E-state index >= 15 is 0 Å². The molecule has 4 atom stereocenters. The van der Waals surface area contributed by atoms with Crippen LogP contribution in [0.4, 0.5) is 0 Å². The number of unbranched alkanes of at least 4 members (excludes halogenated alkanes) is 1. The summed E-state index contributed by atoms with van der Waals surface area (Å²) >= 11 is 0. The highest BCUT2D eigenvalue weighted by atomic mass is 16.5. The molecule has 4 nitrogen and oxygen atoms in total. The number of carbonyl (C=O) groups is 1. The highest BCUT2D eigenvalue weighted by molar-refractivity contribution is 5.69. The van der Waals surface area contributed by atoms with Gasteiger partial charge in [0.1, 0.15) is 0 Å². The van der Waals surface area contributed by atoms with Gasteiger partial charge in [0.05, 0.1) is 19.8 Å². The third kappa shape index (κ3) is 3.65. The van der Waals surface area contributed by atoms with E-state index in [4.69, 9.17) is 4.74 Å². The number of esters is 1. The lowest BCUT2D eigenvalue weighted by atomic mass is 9.69. The Kier molecular flexibility index (Phi) is 5.92. The van der Waals surface area contributed by atoms with E-state index in [1.807, 2.05) is 6.07 Å². The van der Waals surface area contributed by atoms with E-state index in [-0.39, 0.29) is 30.0 Å². The Labute approximate surface area is 149 Å². The molecule has 25 heavy (non-hydrogen) atoms. The van der Waals surface area contributed by atoms with Crippen LogP contribution in [0.1, 0.15) is 37.7 Å². The molecule has 1 aromatic rings. The maximum Gasteiger partial charge on any atom is 0.305 e. The van der Waals surface area contributed by atoms with Crippen molar-refractivity contribution < 1.29 is 19.4 Å². The Balaban J connectivity index is 1.64. The molecular formula is C21H28O4. The molecule has 1 N–H and O–H groups in total. The monoisotopic (exact) mass is 344 g/mol. The fourth-order valence-electron chi connectivity index (χ4n) is 4.59. The quantitative estimate of drug-likeness (QED) is 0.447. The summed E-state index contributed by atoms with van der Waals surface area (Å²) in [6.07, 6.45) is 8.65. The molecule has 0 aromatic heterocycles. The van der Waals surface area contributed by atoms with Gasteiger partial charge in [-0.25, -0.2) is 0 Å². The van der Waals surface area contributed by atoms with Crippen LogP contribution in [0.3, 0.4) is 0 Å². The molecule has 0 spiro atoms. The van der Waals surface area contributed by atoms with Gasteiger partial charge in [-0.1, -0.05) is 42.5 Å². The Hall–Kier alpha value is -1.65. The number of rotatable bonds is 8. The lowest BCUT2D eigenvalue weighted by Gasteiger charge is -2.38. The van der Waals surface area contributed by atoms with Crippen LogP contribution in [-0.2, 0) is 19.7 Å². The van der Waals surface area contributed by atoms with E-state index in [2.05, 4.69) is 41.2 Å². The van der Waals surface area contributed by atoms with Gasteiger partial charge in [-0.15, -0.1) is 0 Å². The molecule has 4 heteroatoms. The van der Waals surface area contributed by atoms with Gasteiger partial charge >= 0.3 is 5.97 Å². The number of carbonyl (C=O) groups excluding carboxylic acids is 1. The first kappa shape index (κ1) is 18.2. The average Bonchev–Trinajstić information content (AvgIpc) is 3.22. The third-order valence-corrected chi connectivity index (χ3v) is 5.92. The van der Waals surface area contributed by atoms with Crippen LogP contribution in [0.2, 0.25) is 0 Å². The largest absolute Gasteiger partial charge is 0.469 e. The first-order chi connectivity index (χ1) is 12.2. The number of allylic oxidation sites excluding steroid dienone is 2. The molecule has 2 fully saturated rings. The second-order valence-corrected chi connectivity index (χ2v) is 7.20. The summed E-state index contributed by atoms with van der Waals surface area (Å²) in [7, 11) is 1.42. The van der Waals surface area contributed by atoms with Crippen LogP contribution in [0, 0.1) is 11.8 Å². The number of aliphatic hydroxyl groups is 1. The summed E-state index contributed by atoms with van der Waals surface area (Å²) in [5.41, 5.74) is 1.35. The van der Waals surface area contributed by atoms with E-state index in [1.54, 1.807) is 0 Å². The molecule has 0 unspecified atom stereocenters. The summed E-state index contributed by atoms with van der Waals surface area (Å²) in [6, 6.07) is 10.6. The van der Waals surface area contributed by atoms with Crippen molar-refractivity contribution in [2.45, 2.75) is 43.6 Å². The smallest absolute Gasteiger partial charge is 0.305 e. The molecule has 0 amide bonds. The highest BCUT2D eigenvalue weighted by Crippen LogP contribution is 2.56. The molecule has 136 valence electrons. The minimum Gasteiger partial charge on any atom is -0.469 e. The fourth-order valence-corrected chi connectivity index (χ4v) is 4.59. The van der Waals surface area contributed by atoms with E-state index in [1.165, 1.54) is 12.7 Å². The Morgan fingerprint density at radius 1 is 1.36 bits per heavy atom. The second-order valence-electron chi connectivity index (χ2n) is 7.20. The number of ether oxygens (including phenoxy) is 2.